The van der Waals surface area contributed by atoms with Gasteiger partial charge in [0.1, 0.15) is 23.9 Å². The van der Waals surface area contributed by atoms with Crippen LogP contribution in [0.1, 0.15) is 31.9 Å². The molecule has 0 fully saturated rings. The Labute approximate surface area is 240 Å². The highest BCUT2D eigenvalue weighted by Gasteiger charge is 2.19. The molecule has 0 aliphatic carbocycles. The van der Waals surface area contributed by atoms with Crippen molar-refractivity contribution in [3.05, 3.63) is 72.3 Å². The van der Waals surface area contributed by atoms with Crippen LogP contribution < -0.4 is 19.5 Å². The molecule has 0 spiro atoms. The number of phenols is 1. The van der Waals surface area contributed by atoms with Gasteiger partial charge < -0.3 is 30.1 Å². The number of anilines is 1. The van der Waals surface area contributed by atoms with E-state index in [1.54, 1.807) is 26.0 Å². The number of hydrogen-bond donors (Lipinski definition) is 5. The summed E-state index contributed by atoms with van der Waals surface area (Å²) in [6.45, 7) is 4.34. The Morgan fingerprint density at radius 1 is 0.975 bits per heavy atom. The first-order chi connectivity index (χ1) is 18.5. The normalized spacial score (nSPS) is 13.4. The predicted octanol–water partition coefficient (Wildman–Crippen LogP) is 4.19. The summed E-state index contributed by atoms with van der Waals surface area (Å²) < 4.78 is 36.5. The van der Waals surface area contributed by atoms with Crippen LogP contribution in [0.2, 0.25) is 0 Å². The van der Waals surface area contributed by atoms with E-state index in [2.05, 4.69) is 10.0 Å². The van der Waals surface area contributed by atoms with Crippen molar-refractivity contribution >= 4 is 34.1 Å². The molecule has 0 saturated carbocycles. The van der Waals surface area contributed by atoms with Gasteiger partial charge in [-0.05, 0) is 66.4 Å². The number of benzene rings is 3. The van der Waals surface area contributed by atoms with Gasteiger partial charge in [-0.2, -0.15) is 0 Å². The highest BCUT2D eigenvalue weighted by molar-refractivity contribution is 7.92. The largest absolute Gasteiger partial charge is 0.506 e. The van der Waals surface area contributed by atoms with Crippen molar-refractivity contribution in [2.45, 2.75) is 38.5 Å². The van der Waals surface area contributed by atoms with Crippen molar-refractivity contribution in [2.75, 3.05) is 24.1 Å². The monoisotopic (exact) mass is 594 g/mol. The van der Waals surface area contributed by atoms with Crippen molar-refractivity contribution in [3.63, 3.8) is 0 Å². The smallest absolute Gasteiger partial charge is 0.344 e. The summed E-state index contributed by atoms with van der Waals surface area (Å²) in [7, 11) is -3.58. The number of hydrogen-bond acceptors (Lipinski definition) is 8. The van der Waals surface area contributed by atoms with Crippen molar-refractivity contribution < 1.29 is 38.0 Å². The maximum Gasteiger partial charge on any atom is 0.344 e. The molecule has 0 radical (unpaired) electrons. The van der Waals surface area contributed by atoms with E-state index in [1.165, 1.54) is 18.2 Å². The lowest BCUT2D eigenvalue weighted by Crippen LogP contribution is -2.35. The number of sulfonamides is 1. The van der Waals surface area contributed by atoms with Gasteiger partial charge in [-0.1, -0.05) is 37.3 Å². The summed E-state index contributed by atoms with van der Waals surface area (Å²) in [5.74, 6) is -0.0519. The average molecular weight is 595 g/mol. The number of carboxylic acid groups (broad SMARTS) is 1. The van der Waals surface area contributed by atoms with E-state index in [-0.39, 0.29) is 29.9 Å². The first-order valence-electron chi connectivity index (χ1n) is 12.4. The molecule has 0 bridgehead atoms. The second-order valence-corrected chi connectivity index (χ2v) is 10.8. The minimum atomic E-state index is -3.58. The SMILES string of the molecule is CCC(Oc1ccc(-c2ccc(OCCN[C@@H](C)[C@@H](O)c3ccc(O)c(NS(C)(=O)=O)c3)cc2)cc1)C(=O)O.Cl. The van der Waals surface area contributed by atoms with Crippen LogP contribution in [0.15, 0.2) is 66.7 Å². The zero-order valence-corrected chi connectivity index (χ0v) is 24.0. The third kappa shape index (κ3) is 9.60. The molecular weight excluding hydrogens is 560 g/mol. The fourth-order valence-corrected chi connectivity index (χ4v) is 4.38. The predicted molar refractivity (Wildman–Crippen MR) is 156 cm³/mol. The molecule has 0 aliphatic rings. The van der Waals surface area contributed by atoms with E-state index >= 15 is 0 Å². The molecule has 3 atom stereocenters. The minimum Gasteiger partial charge on any atom is -0.506 e. The van der Waals surface area contributed by atoms with Gasteiger partial charge in [0.05, 0.1) is 18.0 Å². The zero-order valence-electron chi connectivity index (χ0n) is 22.4. The summed E-state index contributed by atoms with van der Waals surface area (Å²) in [4.78, 5) is 11.2. The third-order valence-electron chi connectivity index (χ3n) is 5.93. The summed E-state index contributed by atoms with van der Waals surface area (Å²) in [6.07, 6.45) is -0.470. The number of ether oxygens (including phenoxy) is 2. The van der Waals surface area contributed by atoms with Crippen molar-refractivity contribution in [2.24, 2.45) is 0 Å². The van der Waals surface area contributed by atoms with E-state index in [4.69, 9.17) is 14.6 Å². The molecule has 10 nitrogen and oxygen atoms in total. The van der Waals surface area contributed by atoms with Crippen LogP contribution in [0, 0.1) is 0 Å². The van der Waals surface area contributed by atoms with Crippen LogP contribution in [0.4, 0.5) is 5.69 Å². The average Bonchev–Trinajstić information content (AvgIpc) is 2.90. The van der Waals surface area contributed by atoms with Crippen LogP contribution in [0.5, 0.6) is 17.2 Å². The van der Waals surface area contributed by atoms with E-state index in [9.17, 15) is 23.4 Å². The summed E-state index contributed by atoms with van der Waals surface area (Å²) in [5.41, 5.74) is 2.36. The van der Waals surface area contributed by atoms with Crippen molar-refractivity contribution in [1.29, 1.82) is 0 Å². The number of phenolic OH excluding ortho intramolecular Hbond substituents is 1. The molecule has 3 rings (SSSR count). The number of aliphatic hydroxyl groups excluding tert-OH is 1. The van der Waals surface area contributed by atoms with Crippen LogP contribution in [-0.4, -0.2) is 61.3 Å². The Morgan fingerprint density at radius 2 is 1.55 bits per heavy atom. The zero-order chi connectivity index (χ0) is 28.6. The third-order valence-corrected chi connectivity index (χ3v) is 6.53. The number of aliphatic hydroxyl groups is 1. The fourth-order valence-electron chi connectivity index (χ4n) is 3.82. The first-order valence-corrected chi connectivity index (χ1v) is 14.3. The van der Waals surface area contributed by atoms with Gasteiger partial charge >= 0.3 is 5.97 Å². The molecule has 1 unspecified atom stereocenters. The van der Waals surface area contributed by atoms with E-state index in [0.717, 1.165) is 17.4 Å². The lowest BCUT2D eigenvalue weighted by atomic mass is 10.0. The van der Waals surface area contributed by atoms with Crippen LogP contribution >= 0.6 is 12.4 Å². The molecule has 12 heteroatoms. The van der Waals surface area contributed by atoms with Gasteiger partial charge in [-0.3, -0.25) is 4.72 Å². The molecule has 40 heavy (non-hydrogen) atoms. The highest BCUT2D eigenvalue weighted by atomic mass is 35.5. The van der Waals surface area contributed by atoms with Crippen LogP contribution in [0.3, 0.4) is 0 Å². The van der Waals surface area contributed by atoms with Crippen molar-refractivity contribution in [3.8, 4) is 28.4 Å². The number of halogens is 1. The lowest BCUT2D eigenvalue weighted by Gasteiger charge is -2.21. The van der Waals surface area contributed by atoms with Crippen LogP contribution in [0.25, 0.3) is 11.1 Å². The molecule has 218 valence electrons. The summed E-state index contributed by atoms with van der Waals surface area (Å²) in [5, 5.41) is 32.9. The number of aliphatic carboxylic acids is 1. The van der Waals surface area contributed by atoms with Crippen LogP contribution in [-0.2, 0) is 14.8 Å². The molecule has 3 aromatic carbocycles. The Kier molecular flexibility index (Phi) is 12.1. The second kappa shape index (κ2) is 14.8. The molecule has 0 aromatic heterocycles. The van der Waals surface area contributed by atoms with Gasteiger partial charge in [0.15, 0.2) is 6.10 Å². The number of nitrogens with one attached hydrogen (secondary N) is 2. The molecule has 0 aliphatic heterocycles. The standard InChI is InChI=1S/C28H34N2O8S.ClH/c1-4-26(28(33)34)38-23-12-7-20(8-13-23)19-5-10-22(11-6-19)37-16-15-29-18(2)27(32)21-9-14-25(31)24(17-21)30-39(3,35)36;/h5-14,17-18,26-27,29-32H,4,15-16H2,1-3H3,(H,33,34);1H/t18-,26?,27+;/m0./s1. The van der Waals surface area contributed by atoms with Gasteiger partial charge in [0.25, 0.3) is 0 Å². The number of rotatable bonds is 14. The van der Waals surface area contributed by atoms with E-state index in [0.29, 0.717) is 36.6 Å². The first kappa shape index (κ1) is 32.7. The van der Waals surface area contributed by atoms with Gasteiger partial charge in [-0.15, -0.1) is 12.4 Å². The summed E-state index contributed by atoms with van der Waals surface area (Å²) in [6, 6.07) is 18.6. The minimum absolute atomic E-state index is 0. The molecule has 0 amide bonds. The Balaban J connectivity index is 0.00000560. The Morgan fingerprint density at radius 3 is 2.08 bits per heavy atom. The van der Waals surface area contributed by atoms with Gasteiger partial charge in [-0.25, -0.2) is 13.2 Å². The second-order valence-electron chi connectivity index (χ2n) is 9.09. The lowest BCUT2D eigenvalue weighted by molar-refractivity contribution is -0.145. The number of aromatic hydroxyl groups is 1. The van der Waals surface area contributed by atoms with Gasteiger partial charge in [0.2, 0.25) is 10.0 Å². The molecule has 5 N–H and O–H groups in total. The summed E-state index contributed by atoms with van der Waals surface area (Å²) >= 11 is 0. The topological polar surface area (TPSA) is 154 Å². The highest BCUT2D eigenvalue weighted by Crippen LogP contribution is 2.29. The molecule has 0 heterocycles. The van der Waals surface area contributed by atoms with E-state index in [1.807, 2.05) is 36.4 Å². The molecule has 3 aromatic rings. The van der Waals surface area contributed by atoms with Crippen molar-refractivity contribution in [1.82, 2.24) is 5.32 Å². The quantitative estimate of drug-likeness (QED) is 0.136. The molecular formula is C28H35ClN2O8S. The molecule has 0 saturated heterocycles. The Bertz CT molecular complexity index is 1350. The number of carbonyl (C=O) groups is 1. The number of carboxylic acids is 1. The Hall–Kier alpha value is -3.51. The fraction of sp³-hybridized carbons (Fsp3) is 0.321. The van der Waals surface area contributed by atoms with Gasteiger partial charge in [0, 0.05) is 12.6 Å². The maximum atomic E-state index is 11.5. The van der Waals surface area contributed by atoms with E-state index < -0.39 is 28.2 Å². The maximum absolute atomic E-state index is 11.5.